The third kappa shape index (κ3) is 3.16. The van der Waals surface area contributed by atoms with E-state index >= 15 is 0 Å². The van der Waals surface area contributed by atoms with Gasteiger partial charge in [0.05, 0.1) is 11.3 Å². The van der Waals surface area contributed by atoms with Crippen LogP contribution in [0.25, 0.3) is 0 Å². The van der Waals surface area contributed by atoms with Gasteiger partial charge in [0.2, 0.25) is 0 Å². The van der Waals surface area contributed by atoms with Crippen molar-refractivity contribution in [2.45, 2.75) is 73.6 Å². The Morgan fingerprint density at radius 2 is 1.36 bits per heavy atom. The minimum absolute atomic E-state index is 0.0842. The van der Waals surface area contributed by atoms with Crippen molar-refractivity contribution >= 4 is 11.9 Å². The number of rotatable bonds is 4. The van der Waals surface area contributed by atoms with E-state index in [2.05, 4.69) is 0 Å². The molecule has 0 radical (unpaired) electrons. The maximum atomic E-state index is 12.5. The quantitative estimate of drug-likeness (QED) is 0.805. The van der Waals surface area contributed by atoms with Crippen LogP contribution in [0.3, 0.4) is 0 Å². The summed E-state index contributed by atoms with van der Waals surface area (Å²) in [6.07, 6.45) is 4.72. The molecule has 0 bridgehead atoms. The zero-order chi connectivity index (χ0) is 17.3. The van der Waals surface area contributed by atoms with E-state index in [4.69, 9.17) is 0 Å². The van der Waals surface area contributed by atoms with Crippen LogP contribution in [0, 0.1) is 28.1 Å². The fraction of sp³-hybridized carbons (Fsp3) is 0.889. The van der Waals surface area contributed by atoms with Crippen molar-refractivity contribution in [1.29, 1.82) is 0 Å². The Labute approximate surface area is 134 Å². The molecule has 1 aliphatic carbocycles. The third-order valence-corrected chi connectivity index (χ3v) is 5.41. The zero-order valence-electron chi connectivity index (χ0n) is 14.9. The van der Waals surface area contributed by atoms with Crippen LogP contribution in [0.1, 0.15) is 73.6 Å². The first-order chi connectivity index (χ1) is 9.86. The molecule has 22 heavy (non-hydrogen) atoms. The van der Waals surface area contributed by atoms with Crippen molar-refractivity contribution in [3.05, 3.63) is 0 Å². The van der Waals surface area contributed by atoms with Gasteiger partial charge in [0.15, 0.2) is 0 Å². The molecule has 1 fully saturated rings. The van der Waals surface area contributed by atoms with Crippen LogP contribution in [0.2, 0.25) is 0 Å². The van der Waals surface area contributed by atoms with E-state index in [1.165, 1.54) is 0 Å². The average molecular weight is 312 g/mol. The molecule has 0 aromatic carbocycles. The number of hydrogen-bond acceptors (Lipinski definition) is 2. The lowest BCUT2D eigenvalue weighted by molar-refractivity contribution is -0.191. The molecule has 4 heteroatoms. The predicted octanol–water partition coefficient (Wildman–Crippen LogP) is 4.43. The van der Waals surface area contributed by atoms with Crippen molar-refractivity contribution in [3.63, 3.8) is 0 Å². The van der Waals surface area contributed by atoms with E-state index in [-0.39, 0.29) is 5.92 Å². The van der Waals surface area contributed by atoms with Gasteiger partial charge in [-0.15, -0.1) is 0 Å². The molecule has 0 spiro atoms. The van der Waals surface area contributed by atoms with Gasteiger partial charge in [-0.25, -0.2) is 0 Å². The molecule has 0 aromatic heterocycles. The lowest BCUT2D eigenvalue weighted by Crippen LogP contribution is -2.59. The molecule has 0 amide bonds. The molecule has 1 saturated carbocycles. The van der Waals surface area contributed by atoms with Crippen LogP contribution < -0.4 is 0 Å². The van der Waals surface area contributed by atoms with Gasteiger partial charge in [0.1, 0.15) is 0 Å². The van der Waals surface area contributed by atoms with Gasteiger partial charge in [0, 0.05) is 0 Å². The van der Waals surface area contributed by atoms with Crippen molar-refractivity contribution in [2.75, 3.05) is 0 Å². The summed E-state index contributed by atoms with van der Waals surface area (Å²) in [7, 11) is 0. The highest BCUT2D eigenvalue weighted by atomic mass is 16.4. The Bertz CT molecular complexity index is 421. The minimum Gasteiger partial charge on any atom is -0.481 e. The molecule has 4 nitrogen and oxygen atoms in total. The molecule has 0 heterocycles. The number of carboxylic acid groups (broad SMARTS) is 2. The fourth-order valence-electron chi connectivity index (χ4n) is 4.71. The number of carbonyl (C=O) groups is 2. The summed E-state index contributed by atoms with van der Waals surface area (Å²) in [5.41, 5.74) is -2.50. The molecule has 1 aliphatic rings. The lowest BCUT2D eigenvalue weighted by atomic mass is 9.47. The standard InChI is InChI=1S/C18H32O4/c1-16(2,3)13(14(19)20)18(15(21)22,17(4,5)6)12-10-8-7-9-11-12/h12-13H,7-11H2,1-6H3,(H,19,20)(H,21,22). The van der Waals surface area contributed by atoms with E-state index < -0.39 is 34.1 Å². The van der Waals surface area contributed by atoms with Gasteiger partial charge >= 0.3 is 11.9 Å². The maximum absolute atomic E-state index is 12.5. The normalized spacial score (nSPS) is 21.9. The van der Waals surface area contributed by atoms with Gasteiger partial charge in [0.25, 0.3) is 0 Å². The molecule has 2 unspecified atom stereocenters. The number of aliphatic carboxylic acids is 2. The van der Waals surface area contributed by atoms with E-state index in [1.807, 2.05) is 41.5 Å². The fourth-order valence-corrected chi connectivity index (χ4v) is 4.71. The van der Waals surface area contributed by atoms with Gasteiger partial charge in [-0.05, 0) is 29.6 Å². The van der Waals surface area contributed by atoms with Crippen LogP contribution in [0.5, 0.6) is 0 Å². The lowest BCUT2D eigenvalue weighted by Gasteiger charge is -2.54. The second-order valence-corrected chi connectivity index (χ2v) is 8.90. The van der Waals surface area contributed by atoms with E-state index in [0.29, 0.717) is 0 Å². The molecule has 2 atom stereocenters. The SMILES string of the molecule is CC(C)(C)C(C(=O)O)C(C(=O)O)(C1CCCCC1)C(C)(C)C. The highest BCUT2D eigenvalue weighted by Crippen LogP contribution is 2.59. The Balaban J connectivity index is 3.61. The highest BCUT2D eigenvalue weighted by Gasteiger charge is 2.63. The van der Waals surface area contributed by atoms with Crippen molar-refractivity contribution in [2.24, 2.45) is 28.1 Å². The molecule has 2 N–H and O–H groups in total. The molecule has 128 valence electrons. The third-order valence-electron chi connectivity index (χ3n) is 5.41. The predicted molar refractivity (Wildman–Crippen MR) is 86.7 cm³/mol. The first-order valence-electron chi connectivity index (χ1n) is 8.33. The monoisotopic (exact) mass is 312 g/mol. The highest BCUT2D eigenvalue weighted by molar-refractivity contribution is 5.85. The zero-order valence-corrected chi connectivity index (χ0v) is 14.9. The Morgan fingerprint density at radius 1 is 0.909 bits per heavy atom. The second-order valence-electron chi connectivity index (χ2n) is 8.90. The summed E-state index contributed by atoms with van der Waals surface area (Å²) in [5, 5.41) is 20.2. The molecule has 0 aromatic rings. The van der Waals surface area contributed by atoms with Crippen LogP contribution in [0.4, 0.5) is 0 Å². The smallest absolute Gasteiger partial charge is 0.311 e. The van der Waals surface area contributed by atoms with Crippen molar-refractivity contribution in [3.8, 4) is 0 Å². The van der Waals surface area contributed by atoms with Gasteiger partial charge in [-0.1, -0.05) is 60.8 Å². The van der Waals surface area contributed by atoms with Crippen LogP contribution >= 0.6 is 0 Å². The number of carboxylic acids is 2. The van der Waals surface area contributed by atoms with Crippen molar-refractivity contribution in [1.82, 2.24) is 0 Å². The van der Waals surface area contributed by atoms with Gasteiger partial charge in [-0.2, -0.15) is 0 Å². The Morgan fingerprint density at radius 3 is 1.64 bits per heavy atom. The average Bonchev–Trinajstić information content (AvgIpc) is 2.32. The summed E-state index contributed by atoms with van der Waals surface area (Å²) < 4.78 is 0. The Hall–Kier alpha value is -1.06. The molecular formula is C18H32O4. The minimum atomic E-state index is -1.25. The van der Waals surface area contributed by atoms with Crippen molar-refractivity contribution < 1.29 is 19.8 Å². The molecule has 0 saturated heterocycles. The van der Waals surface area contributed by atoms with E-state index in [0.717, 1.165) is 32.1 Å². The summed E-state index contributed by atoms with van der Waals surface area (Å²) in [5.74, 6) is -2.94. The van der Waals surface area contributed by atoms with E-state index in [1.54, 1.807) is 0 Å². The van der Waals surface area contributed by atoms with Crippen LogP contribution in [0.15, 0.2) is 0 Å². The largest absolute Gasteiger partial charge is 0.481 e. The summed E-state index contributed by atoms with van der Waals surface area (Å²) >= 11 is 0. The van der Waals surface area contributed by atoms with Gasteiger partial charge < -0.3 is 10.2 Å². The topological polar surface area (TPSA) is 74.6 Å². The second kappa shape index (κ2) is 6.21. The van der Waals surface area contributed by atoms with E-state index in [9.17, 15) is 19.8 Å². The van der Waals surface area contributed by atoms with Gasteiger partial charge in [-0.3, -0.25) is 9.59 Å². The maximum Gasteiger partial charge on any atom is 0.311 e. The van der Waals surface area contributed by atoms with Crippen LogP contribution in [-0.2, 0) is 9.59 Å². The number of hydrogen-bond donors (Lipinski definition) is 2. The first kappa shape index (κ1) is 19.0. The van der Waals surface area contributed by atoms with Crippen LogP contribution in [-0.4, -0.2) is 22.2 Å². The molecule has 1 rings (SSSR count). The molecular weight excluding hydrogens is 280 g/mol. The summed E-state index contributed by atoms with van der Waals surface area (Å²) in [6.45, 7) is 11.2. The Kier molecular flexibility index (Phi) is 5.36. The summed E-state index contributed by atoms with van der Waals surface area (Å²) in [4.78, 5) is 24.6. The summed E-state index contributed by atoms with van der Waals surface area (Å²) in [6, 6.07) is 0. The molecule has 0 aliphatic heterocycles. The first-order valence-corrected chi connectivity index (χ1v) is 8.33.